The van der Waals surface area contributed by atoms with Crippen LogP contribution in [-0.4, -0.2) is 29.8 Å². The minimum atomic E-state index is -0.475. The van der Waals surface area contributed by atoms with Crippen molar-refractivity contribution in [2.24, 2.45) is 0 Å². The fourth-order valence-electron chi connectivity index (χ4n) is 3.03. The van der Waals surface area contributed by atoms with Crippen molar-refractivity contribution in [1.29, 1.82) is 0 Å². The van der Waals surface area contributed by atoms with Gasteiger partial charge in [-0.25, -0.2) is 0 Å². The summed E-state index contributed by atoms with van der Waals surface area (Å²) in [4.78, 5) is 36.3. The van der Waals surface area contributed by atoms with Crippen molar-refractivity contribution in [1.82, 2.24) is 0 Å². The number of benzene rings is 2. The average Bonchev–Trinajstić information content (AvgIpc) is 3.07. The first-order valence-electron chi connectivity index (χ1n) is 8.64. The van der Waals surface area contributed by atoms with Crippen LogP contribution in [0.1, 0.15) is 18.4 Å². The molecule has 2 aromatic rings. The Morgan fingerprint density at radius 3 is 2.67 bits per heavy atom. The van der Waals surface area contributed by atoms with Crippen LogP contribution in [0, 0.1) is 17.0 Å². The molecule has 0 radical (unpaired) electrons. The Balaban J connectivity index is 1.65. The highest BCUT2D eigenvalue weighted by atomic mass is 16.6. The number of nitro groups is 1. The topological polar surface area (TPSA) is 105 Å². The first kappa shape index (κ1) is 18.4. The lowest BCUT2D eigenvalue weighted by molar-refractivity contribution is -0.384. The molecule has 2 amide bonds. The predicted octanol–water partition coefficient (Wildman–Crippen LogP) is 3.08. The van der Waals surface area contributed by atoms with Gasteiger partial charge in [0.1, 0.15) is 0 Å². The molecule has 2 N–H and O–H groups in total. The summed E-state index contributed by atoms with van der Waals surface area (Å²) >= 11 is 0. The van der Waals surface area contributed by atoms with Gasteiger partial charge in [-0.05, 0) is 37.1 Å². The maximum atomic E-state index is 12.3. The van der Waals surface area contributed by atoms with Crippen molar-refractivity contribution >= 4 is 34.6 Å². The minimum absolute atomic E-state index is 0.00940. The fraction of sp³-hybridized carbons (Fsp3) is 0.263. The zero-order chi connectivity index (χ0) is 19.4. The smallest absolute Gasteiger partial charge is 0.269 e. The van der Waals surface area contributed by atoms with E-state index in [1.165, 1.54) is 18.2 Å². The first-order valence-corrected chi connectivity index (χ1v) is 8.64. The van der Waals surface area contributed by atoms with Crippen molar-refractivity contribution in [3.63, 3.8) is 0 Å². The predicted molar refractivity (Wildman–Crippen MR) is 103 cm³/mol. The number of anilines is 3. The van der Waals surface area contributed by atoms with Gasteiger partial charge in [-0.15, -0.1) is 0 Å². The number of carbonyl (C=O) groups excluding carboxylic acids is 2. The number of non-ortho nitro benzene ring substituents is 1. The number of nitrogens with one attached hydrogen (secondary N) is 2. The van der Waals surface area contributed by atoms with Crippen LogP contribution in [0.2, 0.25) is 0 Å². The lowest BCUT2D eigenvalue weighted by atomic mass is 10.2. The van der Waals surface area contributed by atoms with E-state index in [4.69, 9.17) is 0 Å². The maximum absolute atomic E-state index is 12.3. The molecule has 3 rings (SSSR count). The molecule has 0 spiro atoms. The van der Waals surface area contributed by atoms with Gasteiger partial charge in [-0.2, -0.15) is 0 Å². The molecule has 140 valence electrons. The lowest BCUT2D eigenvalue weighted by Crippen LogP contribution is -2.26. The Labute approximate surface area is 156 Å². The second-order valence-electron chi connectivity index (χ2n) is 6.32. The van der Waals surface area contributed by atoms with Crippen molar-refractivity contribution in [3.8, 4) is 0 Å². The summed E-state index contributed by atoms with van der Waals surface area (Å²) in [6.45, 7) is 2.38. The summed E-state index contributed by atoms with van der Waals surface area (Å²) in [5, 5.41) is 16.6. The van der Waals surface area contributed by atoms with E-state index in [0.717, 1.165) is 12.1 Å². The van der Waals surface area contributed by atoms with Gasteiger partial charge in [0.25, 0.3) is 5.69 Å². The van der Waals surface area contributed by atoms with Crippen LogP contribution in [-0.2, 0) is 9.59 Å². The number of hydrogen-bond donors (Lipinski definition) is 2. The molecule has 0 saturated carbocycles. The van der Waals surface area contributed by atoms with Gasteiger partial charge in [-0.3, -0.25) is 19.7 Å². The van der Waals surface area contributed by atoms with E-state index >= 15 is 0 Å². The molecule has 1 saturated heterocycles. The summed E-state index contributed by atoms with van der Waals surface area (Å²) in [7, 11) is 0. The molecule has 1 aliphatic heterocycles. The molecular formula is C19H20N4O4. The van der Waals surface area contributed by atoms with Crippen LogP contribution in [0.25, 0.3) is 0 Å². The van der Waals surface area contributed by atoms with Crippen molar-refractivity contribution in [3.05, 3.63) is 58.1 Å². The summed E-state index contributed by atoms with van der Waals surface area (Å²) < 4.78 is 0. The van der Waals surface area contributed by atoms with E-state index in [9.17, 15) is 19.7 Å². The van der Waals surface area contributed by atoms with Gasteiger partial charge in [0.15, 0.2) is 0 Å². The quantitative estimate of drug-likeness (QED) is 0.602. The Bertz CT molecular complexity index is 897. The lowest BCUT2D eigenvalue weighted by Gasteiger charge is -2.20. The monoisotopic (exact) mass is 368 g/mol. The van der Waals surface area contributed by atoms with Crippen LogP contribution in [0.4, 0.5) is 22.7 Å². The first-order chi connectivity index (χ1) is 13.0. The number of rotatable bonds is 6. The SMILES string of the molecule is Cc1cc([N+](=O)[O-])ccc1NC(=O)CNc1ccccc1N1CCCC1=O. The molecule has 1 fully saturated rings. The van der Waals surface area contributed by atoms with E-state index in [1.54, 1.807) is 11.8 Å². The molecule has 1 aliphatic rings. The van der Waals surface area contributed by atoms with Gasteiger partial charge in [0.05, 0.1) is 22.8 Å². The van der Waals surface area contributed by atoms with E-state index in [-0.39, 0.29) is 24.0 Å². The Hall–Kier alpha value is -3.42. The summed E-state index contributed by atoms with van der Waals surface area (Å²) in [6.07, 6.45) is 1.36. The third-order valence-electron chi connectivity index (χ3n) is 4.40. The minimum Gasteiger partial charge on any atom is -0.374 e. The fourth-order valence-corrected chi connectivity index (χ4v) is 3.03. The number of carbonyl (C=O) groups is 2. The summed E-state index contributed by atoms with van der Waals surface area (Å²) in [6, 6.07) is 11.6. The molecular weight excluding hydrogens is 348 g/mol. The van der Waals surface area contributed by atoms with E-state index in [1.807, 2.05) is 24.3 Å². The summed E-state index contributed by atoms with van der Waals surface area (Å²) in [5.41, 5.74) is 2.59. The highest BCUT2D eigenvalue weighted by molar-refractivity contribution is 5.99. The number of nitrogens with zero attached hydrogens (tertiary/aromatic N) is 2. The van der Waals surface area contributed by atoms with Gasteiger partial charge < -0.3 is 15.5 Å². The molecule has 8 heteroatoms. The van der Waals surface area contributed by atoms with E-state index in [2.05, 4.69) is 10.6 Å². The zero-order valence-corrected chi connectivity index (χ0v) is 14.9. The maximum Gasteiger partial charge on any atom is 0.269 e. The number of nitro benzene ring substituents is 1. The second kappa shape index (κ2) is 7.86. The molecule has 1 heterocycles. The van der Waals surface area contributed by atoms with Gasteiger partial charge >= 0.3 is 0 Å². The standard InChI is InChI=1S/C19H20N4O4/c1-13-11-14(23(26)27)8-9-15(13)21-18(24)12-20-16-5-2-3-6-17(16)22-10-4-7-19(22)25/h2-3,5-6,8-9,11,20H,4,7,10,12H2,1H3,(H,21,24). The van der Waals surface area contributed by atoms with Crippen LogP contribution in [0.15, 0.2) is 42.5 Å². The molecule has 2 aromatic carbocycles. The molecule has 0 unspecified atom stereocenters. The molecule has 8 nitrogen and oxygen atoms in total. The van der Waals surface area contributed by atoms with Gasteiger partial charge in [0, 0.05) is 30.8 Å². The Morgan fingerprint density at radius 2 is 2.00 bits per heavy atom. The van der Waals surface area contributed by atoms with E-state index < -0.39 is 4.92 Å². The Morgan fingerprint density at radius 1 is 1.22 bits per heavy atom. The summed E-state index contributed by atoms with van der Waals surface area (Å²) in [5.74, 6) is -0.204. The van der Waals surface area contributed by atoms with Gasteiger partial charge in [-0.1, -0.05) is 12.1 Å². The third kappa shape index (κ3) is 4.22. The van der Waals surface area contributed by atoms with Crippen LogP contribution in [0.5, 0.6) is 0 Å². The number of amides is 2. The molecule has 0 bridgehead atoms. The van der Waals surface area contributed by atoms with Crippen LogP contribution in [0.3, 0.4) is 0 Å². The van der Waals surface area contributed by atoms with E-state index in [0.29, 0.717) is 29.9 Å². The average molecular weight is 368 g/mol. The van der Waals surface area contributed by atoms with Crippen LogP contribution < -0.4 is 15.5 Å². The number of hydrogen-bond acceptors (Lipinski definition) is 5. The molecule has 0 atom stereocenters. The highest BCUT2D eigenvalue weighted by Gasteiger charge is 2.23. The molecule has 27 heavy (non-hydrogen) atoms. The Kier molecular flexibility index (Phi) is 5.35. The van der Waals surface area contributed by atoms with Crippen molar-refractivity contribution < 1.29 is 14.5 Å². The second-order valence-corrected chi connectivity index (χ2v) is 6.32. The van der Waals surface area contributed by atoms with Crippen molar-refractivity contribution in [2.45, 2.75) is 19.8 Å². The molecule has 0 aliphatic carbocycles. The zero-order valence-electron chi connectivity index (χ0n) is 14.9. The van der Waals surface area contributed by atoms with Gasteiger partial charge in [0.2, 0.25) is 11.8 Å². The van der Waals surface area contributed by atoms with Crippen molar-refractivity contribution in [2.75, 3.05) is 28.6 Å². The number of aryl methyl sites for hydroxylation is 1. The molecule has 0 aromatic heterocycles. The van der Waals surface area contributed by atoms with Crippen LogP contribution >= 0.6 is 0 Å². The third-order valence-corrected chi connectivity index (χ3v) is 4.40. The number of para-hydroxylation sites is 2. The largest absolute Gasteiger partial charge is 0.374 e. The highest BCUT2D eigenvalue weighted by Crippen LogP contribution is 2.29. The normalized spacial score (nSPS) is 13.5.